The lowest BCUT2D eigenvalue weighted by molar-refractivity contribution is 0.131. The van der Waals surface area contributed by atoms with E-state index in [-0.39, 0.29) is 0 Å². The lowest BCUT2D eigenvalue weighted by Gasteiger charge is -2.23. The number of aromatic nitrogens is 2. The topological polar surface area (TPSA) is 56.1 Å². The average Bonchev–Trinajstić information content (AvgIpc) is 3.29. The summed E-state index contributed by atoms with van der Waals surface area (Å²) in [6.07, 6.45) is 3.73. The van der Waals surface area contributed by atoms with Gasteiger partial charge in [0.05, 0.1) is 12.0 Å². The Labute approximate surface area is 194 Å². The van der Waals surface area contributed by atoms with Gasteiger partial charge in [0.1, 0.15) is 0 Å². The number of anilines is 1. The van der Waals surface area contributed by atoms with Crippen molar-refractivity contribution >= 4 is 46.6 Å². The molecule has 3 aromatic carbocycles. The van der Waals surface area contributed by atoms with E-state index in [1.807, 2.05) is 35.0 Å². The van der Waals surface area contributed by atoms with Crippen LogP contribution in [0.1, 0.15) is 17.2 Å². The van der Waals surface area contributed by atoms with Crippen LogP contribution in [0.3, 0.4) is 0 Å². The van der Waals surface area contributed by atoms with E-state index in [0.717, 1.165) is 11.3 Å². The molecule has 5 nitrogen and oxygen atoms in total. The van der Waals surface area contributed by atoms with Crippen molar-refractivity contribution in [1.29, 1.82) is 0 Å². The molecular formula is C23H16Cl3N3O2. The molecule has 0 saturated heterocycles. The fourth-order valence-electron chi connectivity index (χ4n) is 3.14. The number of hydrogen-bond donors (Lipinski definition) is 1. The van der Waals surface area contributed by atoms with E-state index in [1.165, 1.54) is 0 Å². The second-order valence-corrected chi connectivity index (χ2v) is 7.89. The Morgan fingerprint density at radius 1 is 0.935 bits per heavy atom. The second-order valence-electron chi connectivity index (χ2n) is 6.61. The van der Waals surface area contributed by atoms with Gasteiger partial charge in [-0.25, -0.2) is 9.78 Å². The maximum atomic E-state index is 12.8. The number of imidazole rings is 1. The highest BCUT2D eigenvalue weighted by Crippen LogP contribution is 2.36. The molecule has 0 spiro atoms. The molecule has 1 unspecified atom stereocenters. The van der Waals surface area contributed by atoms with E-state index in [4.69, 9.17) is 39.5 Å². The van der Waals surface area contributed by atoms with E-state index < -0.39 is 12.2 Å². The number of carbonyl (C=O) groups excluding carboxylic acids is 1. The van der Waals surface area contributed by atoms with Crippen LogP contribution in [0.25, 0.3) is 5.69 Å². The molecule has 4 rings (SSSR count). The standard InChI is InChI=1S/C23H16Cl3N3O2/c24-15-5-8-17(9-6-15)28-23(30)31-22(18-10-7-16(25)13-20(18)26)19-3-1-2-4-21(19)29-12-11-27-14-29/h1-14,22H,(H,28,30). The van der Waals surface area contributed by atoms with E-state index in [0.29, 0.717) is 26.3 Å². The number of carbonyl (C=O) groups is 1. The molecule has 156 valence electrons. The molecule has 1 N–H and O–H groups in total. The van der Waals surface area contributed by atoms with E-state index in [9.17, 15) is 4.79 Å². The molecule has 4 aromatic rings. The van der Waals surface area contributed by atoms with Gasteiger partial charge in [0.15, 0.2) is 6.10 Å². The predicted octanol–water partition coefficient (Wildman–Crippen LogP) is 7.17. The quantitative estimate of drug-likeness (QED) is 0.335. The third-order valence-corrected chi connectivity index (χ3v) is 5.38. The van der Waals surface area contributed by atoms with Crippen LogP contribution in [0.5, 0.6) is 0 Å². The number of para-hydroxylation sites is 1. The van der Waals surface area contributed by atoms with Crippen molar-refractivity contribution in [2.75, 3.05) is 5.32 Å². The lowest BCUT2D eigenvalue weighted by atomic mass is 9.99. The summed E-state index contributed by atoms with van der Waals surface area (Å²) in [6.45, 7) is 0. The second kappa shape index (κ2) is 9.43. The van der Waals surface area contributed by atoms with Crippen molar-refractivity contribution in [3.05, 3.63) is 112 Å². The minimum atomic E-state index is -0.796. The summed E-state index contributed by atoms with van der Waals surface area (Å²) in [5, 5.41) is 4.16. The summed E-state index contributed by atoms with van der Waals surface area (Å²) in [5.41, 5.74) is 2.69. The summed E-state index contributed by atoms with van der Waals surface area (Å²) < 4.78 is 7.71. The van der Waals surface area contributed by atoms with Crippen LogP contribution in [0.15, 0.2) is 85.5 Å². The van der Waals surface area contributed by atoms with Crippen LogP contribution >= 0.6 is 34.8 Å². The van der Waals surface area contributed by atoms with E-state index >= 15 is 0 Å². The Morgan fingerprint density at radius 3 is 2.39 bits per heavy atom. The maximum absolute atomic E-state index is 12.8. The monoisotopic (exact) mass is 471 g/mol. The van der Waals surface area contributed by atoms with Crippen LogP contribution in [-0.4, -0.2) is 15.6 Å². The highest BCUT2D eigenvalue weighted by Gasteiger charge is 2.25. The number of rotatable bonds is 5. The van der Waals surface area contributed by atoms with Crippen LogP contribution < -0.4 is 5.32 Å². The maximum Gasteiger partial charge on any atom is 0.412 e. The van der Waals surface area contributed by atoms with Gasteiger partial charge in [-0.1, -0.05) is 59.1 Å². The fourth-order valence-corrected chi connectivity index (χ4v) is 3.78. The molecule has 0 aliphatic rings. The van der Waals surface area contributed by atoms with Crippen molar-refractivity contribution in [2.45, 2.75) is 6.10 Å². The zero-order chi connectivity index (χ0) is 21.8. The summed E-state index contributed by atoms with van der Waals surface area (Å²) in [5.74, 6) is 0. The van der Waals surface area contributed by atoms with Gasteiger partial charge in [0, 0.05) is 44.3 Å². The number of hydrogen-bond acceptors (Lipinski definition) is 3. The molecule has 1 atom stereocenters. The van der Waals surface area contributed by atoms with Gasteiger partial charge in [-0.2, -0.15) is 0 Å². The van der Waals surface area contributed by atoms with Gasteiger partial charge < -0.3 is 9.30 Å². The van der Waals surface area contributed by atoms with Gasteiger partial charge in [-0.3, -0.25) is 5.32 Å². The van der Waals surface area contributed by atoms with Crippen molar-refractivity contribution in [3.63, 3.8) is 0 Å². The van der Waals surface area contributed by atoms with Crippen molar-refractivity contribution < 1.29 is 9.53 Å². The first-order valence-electron chi connectivity index (χ1n) is 9.26. The molecule has 0 radical (unpaired) electrons. The smallest absolute Gasteiger partial charge is 0.412 e. The molecule has 1 amide bonds. The third-order valence-electron chi connectivity index (χ3n) is 4.56. The Kier molecular flexibility index (Phi) is 6.47. The SMILES string of the molecule is O=C(Nc1ccc(Cl)cc1)OC(c1ccc(Cl)cc1Cl)c1ccccc1-n1ccnc1. The van der Waals surface area contributed by atoms with Crippen molar-refractivity contribution in [2.24, 2.45) is 0 Å². The molecule has 31 heavy (non-hydrogen) atoms. The summed E-state index contributed by atoms with van der Waals surface area (Å²) in [4.78, 5) is 16.9. The normalized spacial score (nSPS) is 11.7. The third kappa shape index (κ3) is 5.02. The van der Waals surface area contributed by atoms with Crippen LogP contribution in [-0.2, 0) is 4.74 Å². The van der Waals surface area contributed by atoms with Gasteiger partial charge in [-0.15, -0.1) is 0 Å². The largest absolute Gasteiger partial charge is 0.436 e. The van der Waals surface area contributed by atoms with Crippen molar-refractivity contribution in [1.82, 2.24) is 9.55 Å². The summed E-state index contributed by atoms with van der Waals surface area (Å²) >= 11 is 18.5. The number of benzene rings is 3. The summed E-state index contributed by atoms with van der Waals surface area (Å²) in [7, 11) is 0. The molecule has 0 fully saturated rings. The first-order chi connectivity index (χ1) is 15.0. The predicted molar refractivity (Wildman–Crippen MR) is 123 cm³/mol. The van der Waals surface area contributed by atoms with Gasteiger partial charge in [0.2, 0.25) is 0 Å². The number of halogens is 3. The van der Waals surface area contributed by atoms with Gasteiger partial charge >= 0.3 is 6.09 Å². The molecule has 0 saturated carbocycles. The first-order valence-corrected chi connectivity index (χ1v) is 10.4. The fraction of sp³-hybridized carbons (Fsp3) is 0.0435. The number of amides is 1. The highest BCUT2D eigenvalue weighted by atomic mass is 35.5. The van der Waals surface area contributed by atoms with Crippen LogP contribution in [0.2, 0.25) is 15.1 Å². The average molecular weight is 473 g/mol. The Morgan fingerprint density at radius 2 is 1.68 bits per heavy atom. The highest BCUT2D eigenvalue weighted by molar-refractivity contribution is 6.35. The lowest BCUT2D eigenvalue weighted by Crippen LogP contribution is -2.19. The van der Waals surface area contributed by atoms with Gasteiger partial charge in [-0.05, 0) is 42.5 Å². The van der Waals surface area contributed by atoms with Crippen LogP contribution in [0.4, 0.5) is 10.5 Å². The number of nitrogens with zero attached hydrogens (tertiary/aromatic N) is 2. The zero-order valence-electron chi connectivity index (χ0n) is 16.0. The Hall–Kier alpha value is -2.99. The number of nitrogens with one attached hydrogen (secondary N) is 1. The Balaban J connectivity index is 1.72. The Bertz CT molecular complexity index is 1200. The van der Waals surface area contributed by atoms with E-state index in [2.05, 4.69) is 10.3 Å². The minimum absolute atomic E-state index is 0.386. The molecule has 0 aliphatic heterocycles. The molecule has 0 aliphatic carbocycles. The molecule has 1 aromatic heterocycles. The van der Waals surface area contributed by atoms with Crippen LogP contribution in [0, 0.1) is 0 Å². The first kappa shape index (κ1) is 21.2. The number of ether oxygens (including phenoxy) is 1. The van der Waals surface area contributed by atoms with E-state index in [1.54, 1.807) is 55.0 Å². The molecule has 0 bridgehead atoms. The zero-order valence-corrected chi connectivity index (χ0v) is 18.3. The molecule has 8 heteroatoms. The van der Waals surface area contributed by atoms with Crippen molar-refractivity contribution in [3.8, 4) is 5.69 Å². The molecular weight excluding hydrogens is 457 g/mol. The molecule has 1 heterocycles. The summed E-state index contributed by atoms with van der Waals surface area (Å²) in [6, 6.07) is 19.4. The van der Waals surface area contributed by atoms with Gasteiger partial charge in [0.25, 0.3) is 0 Å². The minimum Gasteiger partial charge on any atom is -0.436 e.